The van der Waals surface area contributed by atoms with Crippen LogP contribution in [0.4, 0.5) is 0 Å². The third-order valence-corrected chi connectivity index (χ3v) is 3.28. The Kier molecular flexibility index (Phi) is 3.46. The third kappa shape index (κ3) is 2.54. The van der Waals surface area contributed by atoms with E-state index in [4.69, 9.17) is 16.7 Å². The molecule has 0 radical (unpaired) electrons. The standard InChI is InChI=1S/C12H14ClNO2/c13-11-3-1-2-9-8-14(6-4-10(9)11)7-5-12(15)16/h1-3H,4-8H2,(H,15,16). The molecule has 0 atom stereocenters. The molecule has 0 saturated carbocycles. The summed E-state index contributed by atoms with van der Waals surface area (Å²) in [6.07, 6.45) is 1.12. The number of halogens is 1. The van der Waals surface area contributed by atoms with Crippen molar-refractivity contribution < 1.29 is 9.90 Å². The zero-order chi connectivity index (χ0) is 11.5. The lowest BCUT2D eigenvalue weighted by molar-refractivity contribution is -0.137. The zero-order valence-corrected chi connectivity index (χ0v) is 9.70. The molecule has 4 heteroatoms. The summed E-state index contributed by atoms with van der Waals surface area (Å²) in [5.74, 6) is -0.739. The molecule has 0 aromatic heterocycles. The van der Waals surface area contributed by atoms with Crippen molar-refractivity contribution in [2.24, 2.45) is 0 Å². The van der Waals surface area contributed by atoms with Crippen molar-refractivity contribution in [3.63, 3.8) is 0 Å². The van der Waals surface area contributed by atoms with Gasteiger partial charge in [-0.25, -0.2) is 0 Å². The Labute approximate surface area is 99.6 Å². The van der Waals surface area contributed by atoms with Crippen molar-refractivity contribution in [1.82, 2.24) is 4.90 Å². The van der Waals surface area contributed by atoms with Crippen molar-refractivity contribution in [1.29, 1.82) is 0 Å². The van der Waals surface area contributed by atoms with E-state index < -0.39 is 5.97 Å². The van der Waals surface area contributed by atoms with E-state index >= 15 is 0 Å². The van der Waals surface area contributed by atoms with Gasteiger partial charge in [0.25, 0.3) is 0 Å². The second-order valence-corrected chi connectivity index (χ2v) is 4.45. The number of rotatable bonds is 3. The lowest BCUT2D eigenvalue weighted by Gasteiger charge is -2.28. The van der Waals surface area contributed by atoms with Crippen molar-refractivity contribution in [2.45, 2.75) is 19.4 Å². The van der Waals surface area contributed by atoms with Crippen LogP contribution in [-0.4, -0.2) is 29.1 Å². The summed E-state index contributed by atoms with van der Waals surface area (Å²) in [6, 6.07) is 5.92. The van der Waals surface area contributed by atoms with Crippen LogP contribution in [0.5, 0.6) is 0 Å². The number of carboxylic acids is 1. The molecule has 3 nitrogen and oxygen atoms in total. The molecule has 0 aliphatic carbocycles. The van der Waals surface area contributed by atoms with Gasteiger partial charge in [-0.15, -0.1) is 0 Å². The van der Waals surface area contributed by atoms with Gasteiger partial charge < -0.3 is 5.11 Å². The maximum atomic E-state index is 10.5. The van der Waals surface area contributed by atoms with Crippen LogP contribution in [0, 0.1) is 0 Å². The van der Waals surface area contributed by atoms with Gasteiger partial charge in [0.2, 0.25) is 0 Å². The molecule has 2 rings (SSSR count). The smallest absolute Gasteiger partial charge is 0.304 e. The Balaban J connectivity index is 2.04. The number of carbonyl (C=O) groups is 1. The first-order chi connectivity index (χ1) is 7.66. The average Bonchev–Trinajstić information content (AvgIpc) is 2.26. The minimum Gasteiger partial charge on any atom is -0.481 e. The Morgan fingerprint density at radius 1 is 1.50 bits per heavy atom. The first-order valence-corrected chi connectivity index (χ1v) is 5.75. The quantitative estimate of drug-likeness (QED) is 0.879. The highest BCUT2D eigenvalue weighted by molar-refractivity contribution is 6.31. The van der Waals surface area contributed by atoms with E-state index in [1.807, 2.05) is 12.1 Å². The summed E-state index contributed by atoms with van der Waals surface area (Å²) in [4.78, 5) is 12.7. The predicted octanol–water partition coefficient (Wildman–Crippen LogP) is 2.17. The van der Waals surface area contributed by atoms with Crippen LogP contribution in [0.3, 0.4) is 0 Å². The normalized spacial score (nSPS) is 15.8. The SMILES string of the molecule is O=C(O)CCN1CCc2c(Cl)cccc2C1. The number of benzene rings is 1. The predicted molar refractivity (Wildman–Crippen MR) is 62.7 cm³/mol. The van der Waals surface area contributed by atoms with E-state index in [1.165, 1.54) is 11.1 Å². The highest BCUT2D eigenvalue weighted by atomic mass is 35.5. The van der Waals surface area contributed by atoms with Crippen LogP contribution in [0.15, 0.2) is 18.2 Å². The molecule has 0 fully saturated rings. The highest BCUT2D eigenvalue weighted by Crippen LogP contribution is 2.25. The molecule has 0 bridgehead atoms. The Morgan fingerprint density at radius 2 is 2.31 bits per heavy atom. The van der Waals surface area contributed by atoms with Gasteiger partial charge in [-0.1, -0.05) is 23.7 Å². The second-order valence-electron chi connectivity index (χ2n) is 4.05. The number of fused-ring (bicyclic) bond motifs is 1. The fraction of sp³-hybridized carbons (Fsp3) is 0.417. The third-order valence-electron chi connectivity index (χ3n) is 2.93. The molecular formula is C12H14ClNO2. The van der Waals surface area contributed by atoms with Gasteiger partial charge in [0.1, 0.15) is 0 Å². The van der Waals surface area contributed by atoms with Gasteiger partial charge in [0.05, 0.1) is 6.42 Å². The zero-order valence-electron chi connectivity index (χ0n) is 8.95. The van der Waals surface area contributed by atoms with Gasteiger partial charge >= 0.3 is 5.97 Å². The van der Waals surface area contributed by atoms with Crippen LogP contribution < -0.4 is 0 Å². The molecule has 16 heavy (non-hydrogen) atoms. The molecule has 1 aromatic carbocycles. The number of hydrogen-bond donors (Lipinski definition) is 1. The van der Waals surface area contributed by atoms with E-state index in [0.29, 0.717) is 6.54 Å². The molecule has 86 valence electrons. The Morgan fingerprint density at radius 3 is 3.06 bits per heavy atom. The first-order valence-electron chi connectivity index (χ1n) is 5.37. The van der Waals surface area contributed by atoms with E-state index in [0.717, 1.165) is 24.5 Å². The summed E-state index contributed by atoms with van der Waals surface area (Å²) >= 11 is 6.10. The molecular weight excluding hydrogens is 226 g/mol. The minimum absolute atomic E-state index is 0.204. The number of hydrogen-bond acceptors (Lipinski definition) is 2. The van der Waals surface area contributed by atoms with Crippen LogP contribution in [0.25, 0.3) is 0 Å². The monoisotopic (exact) mass is 239 g/mol. The highest BCUT2D eigenvalue weighted by Gasteiger charge is 2.18. The van der Waals surface area contributed by atoms with E-state index in [1.54, 1.807) is 0 Å². The fourth-order valence-electron chi connectivity index (χ4n) is 2.07. The van der Waals surface area contributed by atoms with Crippen LogP contribution in [0.1, 0.15) is 17.5 Å². The van der Waals surface area contributed by atoms with Gasteiger partial charge in [-0.05, 0) is 23.6 Å². The minimum atomic E-state index is -0.739. The molecule has 0 unspecified atom stereocenters. The number of carboxylic acid groups (broad SMARTS) is 1. The fourth-order valence-corrected chi connectivity index (χ4v) is 2.35. The number of aliphatic carboxylic acids is 1. The molecule has 1 aliphatic rings. The van der Waals surface area contributed by atoms with Gasteiger partial charge in [0, 0.05) is 24.7 Å². The number of nitrogens with zero attached hydrogens (tertiary/aromatic N) is 1. The summed E-state index contributed by atoms with van der Waals surface area (Å²) in [5, 5.41) is 9.46. The summed E-state index contributed by atoms with van der Waals surface area (Å²) in [5.41, 5.74) is 2.44. The van der Waals surface area contributed by atoms with Crippen LogP contribution >= 0.6 is 11.6 Å². The molecule has 1 N–H and O–H groups in total. The van der Waals surface area contributed by atoms with Gasteiger partial charge in [-0.2, -0.15) is 0 Å². The van der Waals surface area contributed by atoms with E-state index in [9.17, 15) is 4.79 Å². The summed E-state index contributed by atoms with van der Waals surface area (Å²) < 4.78 is 0. The maximum Gasteiger partial charge on any atom is 0.304 e. The molecule has 0 amide bonds. The molecule has 0 spiro atoms. The topological polar surface area (TPSA) is 40.5 Å². The molecule has 0 saturated heterocycles. The largest absolute Gasteiger partial charge is 0.481 e. The first kappa shape index (κ1) is 11.4. The lowest BCUT2D eigenvalue weighted by atomic mass is 10.00. The lowest BCUT2D eigenvalue weighted by Crippen LogP contribution is -2.32. The van der Waals surface area contributed by atoms with Gasteiger partial charge in [0.15, 0.2) is 0 Å². The van der Waals surface area contributed by atoms with Crippen molar-refractivity contribution in [3.05, 3.63) is 34.3 Å². The average molecular weight is 240 g/mol. The second kappa shape index (κ2) is 4.85. The summed E-state index contributed by atoms with van der Waals surface area (Å²) in [7, 11) is 0. The molecule has 1 heterocycles. The van der Waals surface area contributed by atoms with E-state index in [2.05, 4.69) is 11.0 Å². The Bertz CT molecular complexity index is 406. The summed E-state index contributed by atoms with van der Waals surface area (Å²) in [6.45, 7) is 2.31. The Hall–Kier alpha value is -1.06. The van der Waals surface area contributed by atoms with E-state index in [-0.39, 0.29) is 6.42 Å². The van der Waals surface area contributed by atoms with Crippen LogP contribution in [-0.2, 0) is 17.8 Å². The van der Waals surface area contributed by atoms with Crippen molar-refractivity contribution in [2.75, 3.05) is 13.1 Å². The van der Waals surface area contributed by atoms with Crippen molar-refractivity contribution >= 4 is 17.6 Å². The maximum absolute atomic E-state index is 10.5. The molecule has 1 aromatic rings. The van der Waals surface area contributed by atoms with Gasteiger partial charge in [-0.3, -0.25) is 9.69 Å². The van der Waals surface area contributed by atoms with Crippen molar-refractivity contribution in [3.8, 4) is 0 Å². The molecule has 1 aliphatic heterocycles. The van der Waals surface area contributed by atoms with Crippen LogP contribution in [0.2, 0.25) is 5.02 Å².